The van der Waals surface area contributed by atoms with E-state index >= 15 is 0 Å². The Bertz CT molecular complexity index is 763. The Hall–Kier alpha value is -2.88. The molecule has 0 aliphatic carbocycles. The topological polar surface area (TPSA) is 46.6 Å². The number of amides is 2. The van der Waals surface area contributed by atoms with Gasteiger partial charge in [-0.15, -0.1) is 0 Å². The molecular weight excluding hydrogens is 314 g/mol. The first-order valence-corrected chi connectivity index (χ1v) is 8.51. The van der Waals surface area contributed by atoms with E-state index in [1.54, 1.807) is 0 Å². The monoisotopic (exact) mass is 335 g/mol. The van der Waals surface area contributed by atoms with Crippen LogP contribution in [0.25, 0.3) is 6.08 Å². The fraction of sp³-hybridized carbons (Fsp3) is 0.238. The zero-order chi connectivity index (χ0) is 17.6. The molecule has 2 aromatic carbocycles. The summed E-state index contributed by atoms with van der Waals surface area (Å²) in [4.78, 5) is 25.1. The van der Waals surface area contributed by atoms with Crippen molar-refractivity contribution in [3.05, 3.63) is 71.5 Å². The van der Waals surface area contributed by atoms with Gasteiger partial charge in [0.25, 0.3) is 0 Å². The first-order valence-electron chi connectivity index (χ1n) is 8.51. The van der Waals surface area contributed by atoms with E-state index in [0.717, 1.165) is 12.0 Å². The van der Waals surface area contributed by atoms with Crippen molar-refractivity contribution in [3.63, 3.8) is 0 Å². The summed E-state index contributed by atoms with van der Waals surface area (Å²) in [6, 6.07) is 17.6. The number of nitrogens with zero attached hydrogens (tertiary/aromatic N) is 1. The van der Waals surface area contributed by atoms with Gasteiger partial charge >= 0.3 is 0 Å². The van der Waals surface area contributed by atoms with Crippen LogP contribution in [0.5, 0.6) is 5.75 Å². The van der Waals surface area contributed by atoms with Gasteiger partial charge in [0.1, 0.15) is 11.5 Å². The summed E-state index contributed by atoms with van der Waals surface area (Å²) in [6.45, 7) is 2.25. The van der Waals surface area contributed by atoms with Crippen molar-refractivity contribution >= 4 is 17.9 Å². The van der Waals surface area contributed by atoms with Crippen molar-refractivity contribution in [1.82, 2.24) is 4.90 Å². The molecule has 0 N–H and O–H groups in total. The minimum Gasteiger partial charge on any atom is -0.460 e. The lowest BCUT2D eigenvalue weighted by molar-refractivity contribution is -0.138. The van der Waals surface area contributed by atoms with Gasteiger partial charge in [-0.05, 0) is 35.8 Å². The van der Waals surface area contributed by atoms with Gasteiger partial charge in [0.15, 0.2) is 0 Å². The van der Waals surface area contributed by atoms with Crippen LogP contribution in [0, 0.1) is 0 Å². The molecule has 0 radical (unpaired) electrons. The SMILES string of the molecule is CCc1ccc(O/C(=C\c2ccccc2)CN2C(=O)CCC2=O)cc1. The van der Waals surface area contributed by atoms with Crippen LogP contribution in [-0.4, -0.2) is 23.3 Å². The summed E-state index contributed by atoms with van der Waals surface area (Å²) in [7, 11) is 0. The van der Waals surface area contributed by atoms with Gasteiger partial charge in [-0.25, -0.2) is 0 Å². The van der Waals surface area contributed by atoms with Gasteiger partial charge < -0.3 is 4.74 Å². The number of aryl methyl sites for hydroxylation is 1. The third-order valence-electron chi connectivity index (χ3n) is 4.18. The number of benzene rings is 2. The Morgan fingerprint density at radius 3 is 2.24 bits per heavy atom. The van der Waals surface area contributed by atoms with Gasteiger partial charge in [-0.3, -0.25) is 14.5 Å². The van der Waals surface area contributed by atoms with Crippen LogP contribution < -0.4 is 4.74 Å². The summed E-state index contributed by atoms with van der Waals surface area (Å²) >= 11 is 0. The van der Waals surface area contributed by atoms with Crippen molar-refractivity contribution < 1.29 is 14.3 Å². The second-order valence-corrected chi connectivity index (χ2v) is 5.99. The first kappa shape index (κ1) is 17.0. The molecule has 2 amide bonds. The molecule has 4 nitrogen and oxygen atoms in total. The number of carbonyl (C=O) groups is 2. The summed E-state index contributed by atoms with van der Waals surface area (Å²) in [5.74, 6) is 0.973. The summed E-state index contributed by atoms with van der Waals surface area (Å²) in [5, 5.41) is 0. The van der Waals surface area contributed by atoms with Crippen molar-refractivity contribution in [2.24, 2.45) is 0 Å². The average Bonchev–Trinajstić information content (AvgIpc) is 2.95. The average molecular weight is 335 g/mol. The van der Waals surface area contributed by atoms with Gasteiger partial charge in [0.05, 0.1) is 6.54 Å². The third kappa shape index (κ3) is 4.35. The van der Waals surface area contributed by atoms with Crippen molar-refractivity contribution in [2.45, 2.75) is 26.2 Å². The molecule has 1 heterocycles. The number of imide groups is 1. The van der Waals surface area contributed by atoms with Crippen LogP contribution in [0.2, 0.25) is 0 Å². The second kappa shape index (κ2) is 7.79. The van der Waals surface area contributed by atoms with E-state index in [0.29, 0.717) is 11.5 Å². The van der Waals surface area contributed by atoms with Gasteiger partial charge in [0.2, 0.25) is 11.8 Å². The fourth-order valence-corrected chi connectivity index (χ4v) is 2.74. The zero-order valence-electron chi connectivity index (χ0n) is 14.3. The molecule has 0 aromatic heterocycles. The number of hydrogen-bond acceptors (Lipinski definition) is 3. The zero-order valence-corrected chi connectivity index (χ0v) is 14.3. The highest BCUT2D eigenvalue weighted by Crippen LogP contribution is 2.20. The van der Waals surface area contributed by atoms with Crippen LogP contribution >= 0.6 is 0 Å². The van der Waals surface area contributed by atoms with E-state index < -0.39 is 0 Å². The lowest BCUT2D eigenvalue weighted by atomic mass is 10.1. The van der Waals surface area contributed by atoms with Gasteiger partial charge in [-0.2, -0.15) is 0 Å². The number of hydrogen-bond donors (Lipinski definition) is 0. The fourth-order valence-electron chi connectivity index (χ4n) is 2.74. The van der Waals surface area contributed by atoms with Crippen LogP contribution in [-0.2, 0) is 16.0 Å². The molecular formula is C21H21NO3. The van der Waals surface area contributed by atoms with Crippen LogP contribution in [0.1, 0.15) is 30.9 Å². The predicted molar refractivity (Wildman–Crippen MR) is 96.8 cm³/mol. The number of carbonyl (C=O) groups excluding carboxylic acids is 2. The molecule has 1 fully saturated rings. The minimum atomic E-state index is -0.145. The highest BCUT2D eigenvalue weighted by Gasteiger charge is 2.29. The van der Waals surface area contributed by atoms with Crippen molar-refractivity contribution in [1.29, 1.82) is 0 Å². The molecule has 0 bridgehead atoms. The summed E-state index contributed by atoms with van der Waals surface area (Å²) in [5.41, 5.74) is 2.19. The third-order valence-corrected chi connectivity index (χ3v) is 4.18. The largest absolute Gasteiger partial charge is 0.460 e. The molecule has 128 valence electrons. The molecule has 0 atom stereocenters. The predicted octanol–water partition coefficient (Wildman–Crippen LogP) is 3.82. The Balaban J connectivity index is 1.84. The van der Waals surface area contributed by atoms with E-state index in [1.807, 2.05) is 60.7 Å². The van der Waals surface area contributed by atoms with E-state index in [4.69, 9.17) is 4.74 Å². The van der Waals surface area contributed by atoms with Crippen LogP contribution in [0.3, 0.4) is 0 Å². The molecule has 0 saturated carbocycles. The lowest BCUT2D eigenvalue weighted by Gasteiger charge is -2.17. The molecule has 4 heteroatoms. The maximum Gasteiger partial charge on any atom is 0.230 e. The van der Waals surface area contributed by atoms with Crippen molar-refractivity contribution in [3.8, 4) is 5.75 Å². The molecule has 1 aliphatic rings. The molecule has 0 unspecified atom stereocenters. The number of likely N-dealkylation sites (tertiary alicyclic amines) is 1. The highest BCUT2D eigenvalue weighted by molar-refractivity contribution is 6.02. The second-order valence-electron chi connectivity index (χ2n) is 5.99. The Morgan fingerprint density at radius 1 is 1.00 bits per heavy atom. The van der Waals surface area contributed by atoms with Crippen LogP contribution in [0.4, 0.5) is 0 Å². The standard InChI is InChI=1S/C21H21NO3/c1-2-16-8-10-18(11-9-16)25-19(14-17-6-4-3-5-7-17)15-22-20(23)12-13-21(22)24/h3-11,14H,2,12-13,15H2,1H3/b19-14-. The first-order chi connectivity index (χ1) is 12.2. The van der Waals surface area contributed by atoms with E-state index in [2.05, 4.69) is 6.92 Å². The molecule has 2 aromatic rings. The molecule has 1 aliphatic heterocycles. The molecule has 0 spiro atoms. The van der Waals surface area contributed by atoms with E-state index in [9.17, 15) is 9.59 Å². The normalized spacial score (nSPS) is 14.9. The Morgan fingerprint density at radius 2 is 1.64 bits per heavy atom. The van der Waals surface area contributed by atoms with E-state index in [1.165, 1.54) is 10.5 Å². The summed E-state index contributed by atoms with van der Waals surface area (Å²) < 4.78 is 5.99. The van der Waals surface area contributed by atoms with Gasteiger partial charge in [0, 0.05) is 12.8 Å². The number of ether oxygens (including phenoxy) is 1. The molecule has 1 saturated heterocycles. The molecule has 25 heavy (non-hydrogen) atoms. The van der Waals surface area contributed by atoms with E-state index in [-0.39, 0.29) is 31.2 Å². The van der Waals surface area contributed by atoms with Crippen LogP contribution in [0.15, 0.2) is 60.4 Å². The Labute approximate surface area is 147 Å². The minimum absolute atomic E-state index is 0.145. The maximum atomic E-state index is 11.9. The highest BCUT2D eigenvalue weighted by atomic mass is 16.5. The lowest BCUT2D eigenvalue weighted by Crippen LogP contribution is -2.32. The van der Waals surface area contributed by atoms with Crippen molar-refractivity contribution in [2.75, 3.05) is 6.54 Å². The van der Waals surface area contributed by atoms with Gasteiger partial charge in [-0.1, -0.05) is 49.4 Å². The quantitative estimate of drug-likeness (QED) is 0.595. The number of rotatable bonds is 6. The molecule has 3 rings (SSSR count). The maximum absolute atomic E-state index is 11.9. The Kier molecular flexibility index (Phi) is 5.29. The smallest absolute Gasteiger partial charge is 0.230 e. The summed E-state index contributed by atoms with van der Waals surface area (Å²) in [6.07, 6.45) is 3.39.